The van der Waals surface area contributed by atoms with E-state index in [9.17, 15) is 18.7 Å². The van der Waals surface area contributed by atoms with Crippen LogP contribution in [0.15, 0.2) is 23.1 Å². The Hall–Kier alpha value is -1.14. The Balaban J connectivity index is 2.40. The van der Waals surface area contributed by atoms with Crippen molar-refractivity contribution in [1.82, 2.24) is 5.32 Å². The number of nitrogens with one attached hydrogen (secondary N) is 1. The fourth-order valence-corrected chi connectivity index (χ4v) is 2.23. The van der Waals surface area contributed by atoms with Gasteiger partial charge in [0.2, 0.25) is 5.91 Å². The van der Waals surface area contributed by atoms with Crippen molar-refractivity contribution in [3.05, 3.63) is 29.8 Å². The van der Waals surface area contributed by atoms with Gasteiger partial charge in [-0.1, -0.05) is 0 Å². The van der Waals surface area contributed by atoms with Crippen LogP contribution in [0.4, 0.5) is 8.78 Å². The second-order valence-electron chi connectivity index (χ2n) is 5.12. The molecule has 112 valence electrons. The van der Waals surface area contributed by atoms with E-state index in [0.717, 1.165) is 12.1 Å². The Morgan fingerprint density at radius 1 is 1.40 bits per heavy atom. The lowest BCUT2D eigenvalue weighted by atomic mass is 9.99. The van der Waals surface area contributed by atoms with Crippen LogP contribution in [0.25, 0.3) is 0 Å². The number of amides is 1. The average Bonchev–Trinajstić information content (AvgIpc) is 2.33. The third-order valence-electron chi connectivity index (χ3n) is 2.99. The Bertz CT molecular complexity index is 478. The van der Waals surface area contributed by atoms with Gasteiger partial charge in [0.15, 0.2) is 11.6 Å². The Morgan fingerprint density at radius 3 is 2.60 bits per heavy atom. The molecule has 0 radical (unpaired) electrons. The van der Waals surface area contributed by atoms with Crippen LogP contribution in [-0.2, 0) is 4.79 Å². The fourth-order valence-electron chi connectivity index (χ4n) is 1.35. The lowest BCUT2D eigenvalue weighted by Gasteiger charge is -2.29. The maximum absolute atomic E-state index is 13.0. The first-order valence-corrected chi connectivity index (χ1v) is 7.28. The quantitative estimate of drug-likeness (QED) is 0.795. The highest BCUT2D eigenvalue weighted by atomic mass is 32.2. The van der Waals surface area contributed by atoms with Gasteiger partial charge in [0, 0.05) is 17.1 Å². The smallest absolute Gasteiger partial charge is 0.221 e. The van der Waals surface area contributed by atoms with Gasteiger partial charge in [0.1, 0.15) is 0 Å². The van der Waals surface area contributed by atoms with Gasteiger partial charge >= 0.3 is 0 Å². The summed E-state index contributed by atoms with van der Waals surface area (Å²) in [5.74, 6) is -1.52. The summed E-state index contributed by atoms with van der Waals surface area (Å²) in [6, 6.07) is 3.65. The Morgan fingerprint density at radius 2 is 2.05 bits per heavy atom. The molecule has 1 amide bonds. The number of carbonyl (C=O) groups excluding carboxylic acids is 1. The van der Waals surface area contributed by atoms with Crippen molar-refractivity contribution in [1.29, 1.82) is 0 Å². The molecule has 0 aromatic heterocycles. The summed E-state index contributed by atoms with van der Waals surface area (Å²) in [5.41, 5.74) is -0.691. The lowest BCUT2D eigenvalue weighted by Crippen LogP contribution is -2.51. The molecule has 0 aliphatic rings. The molecule has 20 heavy (non-hydrogen) atoms. The number of aliphatic hydroxyl groups excluding tert-OH is 1. The van der Waals surface area contributed by atoms with E-state index in [0.29, 0.717) is 10.6 Å². The van der Waals surface area contributed by atoms with Crippen LogP contribution in [-0.4, -0.2) is 28.4 Å². The molecule has 1 aromatic carbocycles. The van der Waals surface area contributed by atoms with Crippen molar-refractivity contribution in [2.45, 2.75) is 43.7 Å². The van der Waals surface area contributed by atoms with Crippen LogP contribution in [0.3, 0.4) is 0 Å². The minimum atomic E-state index is -0.894. The first-order chi connectivity index (χ1) is 9.22. The molecule has 1 aromatic rings. The highest BCUT2D eigenvalue weighted by molar-refractivity contribution is 7.99. The highest BCUT2D eigenvalue weighted by Crippen LogP contribution is 2.21. The van der Waals surface area contributed by atoms with E-state index in [1.54, 1.807) is 20.8 Å². The van der Waals surface area contributed by atoms with Gasteiger partial charge in [-0.25, -0.2) is 8.78 Å². The predicted octanol–water partition coefficient (Wildman–Crippen LogP) is 2.72. The monoisotopic (exact) mass is 303 g/mol. The minimum absolute atomic E-state index is 0.189. The van der Waals surface area contributed by atoms with E-state index < -0.39 is 23.3 Å². The molecule has 0 heterocycles. The second-order valence-corrected chi connectivity index (χ2v) is 6.29. The molecule has 6 heteroatoms. The highest BCUT2D eigenvalue weighted by Gasteiger charge is 2.25. The predicted molar refractivity (Wildman–Crippen MR) is 75.6 cm³/mol. The van der Waals surface area contributed by atoms with Crippen molar-refractivity contribution in [3.8, 4) is 0 Å². The summed E-state index contributed by atoms with van der Waals surface area (Å²) >= 11 is 1.28. The summed E-state index contributed by atoms with van der Waals surface area (Å²) in [6.45, 7) is 5.08. The van der Waals surface area contributed by atoms with Crippen LogP contribution in [0, 0.1) is 11.6 Å². The van der Waals surface area contributed by atoms with Gasteiger partial charge in [-0.15, -0.1) is 11.8 Å². The molecule has 1 atom stereocenters. The normalized spacial score (nSPS) is 13.1. The van der Waals surface area contributed by atoms with Crippen molar-refractivity contribution >= 4 is 17.7 Å². The summed E-state index contributed by atoms with van der Waals surface area (Å²) < 4.78 is 25.7. The van der Waals surface area contributed by atoms with Gasteiger partial charge < -0.3 is 10.4 Å². The molecule has 1 rings (SSSR count). The zero-order valence-corrected chi connectivity index (χ0v) is 12.6. The number of halogens is 2. The second kappa shape index (κ2) is 7.04. The molecule has 0 saturated carbocycles. The van der Waals surface area contributed by atoms with Crippen LogP contribution in [0.1, 0.15) is 27.2 Å². The van der Waals surface area contributed by atoms with Crippen LogP contribution in [0.5, 0.6) is 0 Å². The summed E-state index contributed by atoms with van der Waals surface area (Å²) in [5, 5.41) is 12.2. The first-order valence-electron chi connectivity index (χ1n) is 6.29. The van der Waals surface area contributed by atoms with Crippen molar-refractivity contribution < 1.29 is 18.7 Å². The first kappa shape index (κ1) is 16.9. The fraction of sp³-hybridized carbons (Fsp3) is 0.500. The Labute approximate surface area is 121 Å². The van der Waals surface area contributed by atoms with Gasteiger partial charge in [0.05, 0.1) is 11.6 Å². The largest absolute Gasteiger partial charge is 0.391 e. The standard InChI is InChI=1S/C14H19F2NO2S/c1-9(18)14(2,3)17-13(19)6-7-20-10-4-5-11(15)12(16)8-10/h4-5,8-9,18H,6-7H2,1-3H3,(H,17,19). The SMILES string of the molecule is CC(O)C(C)(C)NC(=O)CCSc1ccc(F)c(F)c1. The molecule has 1 unspecified atom stereocenters. The number of benzene rings is 1. The molecule has 0 bridgehead atoms. The third kappa shape index (κ3) is 5.09. The van der Waals surface area contributed by atoms with Crippen LogP contribution >= 0.6 is 11.8 Å². The van der Waals surface area contributed by atoms with E-state index >= 15 is 0 Å². The van der Waals surface area contributed by atoms with E-state index in [1.165, 1.54) is 17.8 Å². The summed E-state index contributed by atoms with van der Waals surface area (Å²) in [4.78, 5) is 12.3. The molecular weight excluding hydrogens is 284 g/mol. The van der Waals surface area contributed by atoms with Gasteiger partial charge in [0.25, 0.3) is 0 Å². The van der Waals surface area contributed by atoms with E-state index in [4.69, 9.17) is 0 Å². The zero-order valence-electron chi connectivity index (χ0n) is 11.7. The van der Waals surface area contributed by atoms with Gasteiger partial charge in [-0.2, -0.15) is 0 Å². The molecular formula is C14H19F2NO2S. The van der Waals surface area contributed by atoms with Gasteiger partial charge in [-0.05, 0) is 39.0 Å². The number of hydrogen-bond donors (Lipinski definition) is 2. The lowest BCUT2D eigenvalue weighted by molar-refractivity contribution is -0.123. The third-order valence-corrected chi connectivity index (χ3v) is 3.99. The Kier molecular flexibility index (Phi) is 5.95. The maximum Gasteiger partial charge on any atom is 0.221 e. The van der Waals surface area contributed by atoms with Crippen molar-refractivity contribution in [2.75, 3.05) is 5.75 Å². The molecule has 0 spiro atoms. The molecule has 0 fully saturated rings. The number of carbonyl (C=O) groups is 1. The van der Waals surface area contributed by atoms with E-state index in [2.05, 4.69) is 5.32 Å². The van der Waals surface area contributed by atoms with Crippen molar-refractivity contribution in [3.63, 3.8) is 0 Å². The molecule has 2 N–H and O–H groups in total. The van der Waals surface area contributed by atoms with E-state index in [-0.39, 0.29) is 12.3 Å². The zero-order chi connectivity index (χ0) is 15.3. The number of thioether (sulfide) groups is 1. The topological polar surface area (TPSA) is 49.3 Å². The molecule has 0 aliphatic heterocycles. The number of aliphatic hydroxyl groups is 1. The number of hydrogen-bond acceptors (Lipinski definition) is 3. The average molecular weight is 303 g/mol. The van der Waals surface area contributed by atoms with Crippen molar-refractivity contribution in [2.24, 2.45) is 0 Å². The van der Waals surface area contributed by atoms with E-state index in [1.807, 2.05) is 0 Å². The summed E-state index contributed by atoms with van der Waals surface area (Å²) in [6.07, 6.45) is -0.426. The maximum atomic E-state index is 13.0. The molecule has 3 nitrogen and oxygen atoms in total. The van der Waals surface area contributed by atoms with Gasteiger partial charge in [-0.3, -0.25) is 4.79 Å². The molecule has 0 saturated heterocycles. The minimum Gasteiger partial charge on any atom is -0.391 e. The summed E-state index contributed by atoms with van der Waals surface area (Å²) in [7, 11) is 0. The van der Waals surface area contributed by atoms with Crippen LogP contribution < -0.4 is 5.32 Å². The molecule has 0 aliphatic carbocycles. The number of rotatable bonds is 6. The van der Waals surface area contributed by atoms with Crippen LogP contribution in [0.2, 0.25) is 0 Å².